The first kappa shape index (κ1) is 16.4. The second-order valence-corrected chi connectivity index (χ2v) is 5.43. The van der Waals surface area contributed by atoms with Crippen molar-refractivity contribution in [3.8, 4) is 11.3 Å². The normalized spacial score (nSPS) is 10.3. The molecule has 0 radical (unpaired) electrons. The van der Waals surface area contributed by atoms with E-state index in [0.717, 1.165) is 11.3 Å². The number of amides is 2. The topological polar surface area (TPSA) is 84.2 Å². The number of anilines is 1. The zero-order chi connectivity index (χ0) is 17.6. The summed E-state index contributed by atoms with van der Waals surface area (Å²) in [6.07, 6.45) is 1.59. The molecule has 2 amide bonds. The molecule has 6 heteroatoms. The fourth-order valence-corrected chi connectivity index (χ4v) is 2.28. The van der Waals surface area contributed by atoms with Crippen LogP contribution in [-0.4, -0.2) is 23.3 Å². The molecule has 0 unspecified atom stereocenters. The molecule has 3 aromatic rings. The summed E-state index contributed by atoms with van der Waals surface area (Å²) in [5.74, 6) is 0.0170. The number of aromatic nitrogens is 1. The van der Waals surface area contributed by atoms with Crippen LogP contribution in [0.4, 0.5) is 5.69 Å². The number of aryl methyl sites for hydroxylation is 1. The molecule has 25 heavy (non-hydrogen) atoms. The number of hydrogen-bond acceptors (Lipinski definition) is 4. The van der Waals surface area contributed by atoms with E-state index < -0.39 is 0 Å². The highest BCUT2D eigenvalue weighted by molar-refractivity contribution is 5.99. The minimum absolute atomic E-state index is 0.0992. The van der Waals surface area contributed by atoms with E-state index >= 15 is 0 Å². The van der Waals surface area contributed by atoms with Crippen molar-refractivity contribution >= 4 is 17.5 Å². The average molecular weight is 335 g/mol. The zero-order valence-corrected chi connectivity index (χ0v) is 13.7. The fourth-order valence-electron chi connectivity index (χ4n) is 2.28. The van der Waals surface area contributed by atoms with Gasteiger partial charge in [0.2, 0.25) is 5.91 Å². The Bertz CT molecular complexity index is 870. The van der Waals surface area contributed by atoms with Crippen molar-refractivity contribution in [3.05, 3.63) is 72.3 Å². The predicted molar refractivity (Wildman–Crippen MR) is 94.1 cm³/mol. The predicted octanol–water partition coefficient (Wildman–Crippen LogP) is 3.02. The summed E-state index contributed by atoms with van der Waals surface area (Å²) in [7, 11) is 0. The monoisotopic (exact) mass is 335 g/mol. The van der Waals surface area contributed by atoms with Crippen LogP contribution in [0.15, 0.2) is 65.3 Å². The molecule has 0 fully saturated rings. The summed E-state index contributed by atoms with van der Waals surface area (Å²) in [5.41, 5.74) is 2.79. The van der Waals surface area contributed by atoms with Crippen molar-refractivity contribution in [1.82, 2.24) is 10.3 Å². The van der Waals surface area contributed by atoms with E-state index in [0.29, 0.717) is 17.1 Å². The van der Waals surface area contributed by atoms with Crippen LogP contribution in [0.25, 0.3) is 11.3 Å². The summed E-state index contributed by atoms with van der Waals surface area (Å²) < 4.78 is 5.18. The maximum absolute atomic E-state index is 12.0. The number of nitrogens with one attached hydrogen (secondary N) is 2. The Kier molecular flexibility index (Phi) is 4.89. The van der Waals surface area contributed by atoms with Crippen LogP contribution >= 0.6 is 0 Å². The van der Waals surface area contributed by atoms with Gasteiger partial charge in [0.05, 0.1) is 6.54 Å². The van der Waals surface area contributed by atoms with Gasteiger partial charge in [-0.15, -0.1) is 0 Å². The average Bonchev–Trinajstić information content (AvgIpc) is 3.07. The number of hydrogen-bond donors (Lipinski definition) is 2. The van der Waals surface area contributed by atoms with Gasteiger partial charge in [0.1, 0.15) is 12.0 Å². The fraction of sp³-hybridized carbons (Fsp3) is 0.105. The van der Waals surface area contributed by atoms with Crippen LogP contribution in [0.2, 0.25) is 0 Å². The van der Waals surface area contributed by atoms with Crippen molar-refractivity contribution in [1.29, 1.82) is 0 Å². The van der Waals surface area contributed by atoms with Crippen molar-refractivity contribution in [2.75, 3.05) is 11.9 Å². The Balaban J connectivity index is 1.53. The van der Waals surface area contributed by atoms with E-state index in [1.165, 1.54) is 0 Å². The van der Waals surface area contributed by atoms with Gasteiger partial charge in [-0.1, -0.05) is 30.3 Å². The minimum Gasteiger partial charge on any atom is -0.449 e. The van der Waals surface area contributed by atoms with E-state index in [1.807, 2.05) is 18.2 Å². The minimum atomic E-state index is -0.297. The second-order valence-electron chi connectivity index (χ2n) is 5.43. The number of rotatable bonds is 5. The van der Waals surface area contributed by atoms with Gasteiger partial charge in [-0.3, -0.25) is 9.59 Å². The molecular weight excluding hydrogens is 318 g/mol. The van der Waals surface area contributed by atoms with Gasteiger partial charge in [0.15, 0.2) is 5.89 Å². The molecule has 0 aliphatic carbocycles. The van der Waals surface area contributed by atoms with Gasteiger partial charge in [-0.2, -0.15) is 0 Å². The third kappa shape index (κ3) is 4.32. The standard InChI is InChI=1S/C19H17N3O3/c1-13-21-17(12-25-13)14-7-9-16(10-8-14)22-18(23)11-20-19(24)15-5-3-2-4-6-15/h2-10,12H,11H2,1H3,(H,20,24)(H,22,23). The molecular formula is C19H17N3O3. The molecule has 126 valence electrons. The molecule has 0 atom stereocenters. The largest absolute Gasteiger partial charge is 0.449 e. The second kappa shape index (κ2) is 7.44. The van der Waals surface area contributed by atoms with Crippen LogP contribution in [0.5, 0.6) is 0 Å². The first-order valence-electron chi connectivity index (χ1n) is 7.77. The van der Waals surface area contributed by atoms with Gasteiger partial charge in [-0.25, -0.2) is 4.98 Å². The van der Waals surface area contributed by atoms with E-state index in [-0.39, 0.29) is 18.4 Å². The summed E-state index contributed by atoms with van der Waals surface area (Å²) in [6.45, 7) is 1.68. The third-order valence-electron chi connectivity index (χ3n) is 3.53. The Hall–Kier alpha value is -3.41. The van der Waals surface area contributed by atoms with Gasteiger partial charge < -0.3 is 15.1 Å². The molecule has 0 spiro atoms. The molecule has 1 heterocycles. The molecule has 1 aromatic heterocycles. The number of nitrogens with zero attached hydrogens (tertiary/aromatic N) is 1. The number of carbonyl (C=O) groups excluding carboxylic acids is 2. The zero-order valence-electron chi connectivity index (χ0n) is 13.7. The number of carbonyl (C=O) groups is 2. The molecule has 0 saturated heterocycles. The SMILES string of the molecule is Cc1nc(-c2ccc(NC(=O)CNC(=O)c3ccccc3)cc2)co1. The first-order chi connectivity index (χ1) is 12.1. The molecule has 0 bridgehead atoms. The highest BCUT2D eigenvalue weighted by atomic mass is 16.3. The van der Waals surface area contributed by atoms with Crippen molar-refractivity contribution < 1.29 is 14.0 Å². The first-order valence-corrected chi connectivity index (χ1v) is 7.77. The lowest BCUT2D eigenvalue weighted by molar-refractivity contribution is -0.115. The molecule has 0 aliphatic heterocycles. The summed E-state index contributed by atoms with van der Waals surface area (Å²) in [5, 5.41) is 5.32. The van der Waals surface area contributed by atoms with Crippen LogP contribution in [-0.2, 0) is 4.79 Å². The molecule has 0 aliphatic rings. The van der Waals surface area contributed by atoms with Crippen LogP contribution in [0, 0.1) is 6.92 Å². The smallest absolute Gasteiger partial charge is 0.251 e. The quantitative estimate of drug-likeness (QED) is 0.751. The Labute approximate surface area is 144 Å². The summed E-state index contributed by atoms with van der Waals surface area (Å²) in [6, 6.07) is 16.0. The third-order valence-corrected chi connectivity index (χ3v) is 3.53. The van der Waals surface area contributed by atoms with Gasteiger partial charge >= 0.3 is 0 Å². The van der Waals surface area contributed by atoms with Crippen LogP contribution in [0.1, 0.15) is 16.2 Å². The van der Waals surface area contributed by atoms with E-state index in [4.69, 9.17) is 4.42 Å². The Morgan fingerprint density at radius 3 is 2.40 bits per heavy atom. The Morgan fingerprint density at radius 1 is 1.04 bits per heavy atom. The number of oxazole rings is 1. The molecule has 0 saturated carbocycles. The van der Waals surface area contributed by atoms with E-state index in [2.05, 4.69) is 15.6 Å². The highest BCUT2D eigenvalue weighted by Gasteiger charge is 2.08. The lowest BCUT2D eigenvalue weighted by Gasteiger charge is -2.07. The van der Waals surface area contributed by atoms with Crippen molar-refractivity contribution in [2.24, 2.45) is 0 Å². The maximum Gasteiger partial charge on any atom is 0.251 e. The molecule has 2 aromatic carbocycles. The van der Waals surface area contributed by atoms with E-state index in [9.17, 15) is 9.59 Å². The van der Waals surface area contributed by atoms with Gasteiger partial charge in [0.25, 0.3) is 5.91 Å². The Morgan fingerprint density at radius 2 is 1.76 bits per heavy atom. The lowest BCUT2D eigenvalue weighted by Crippen LogP contribution is -2.32. The molecule has 2 N–H and O–H groups in total. The maximum atomic E-state index is 12.0. The number of benzene rings is 2. The molecule has 6 nitrogen and oxygen atoms in total. The van der Waals surface area contributed by atoms with Crippen molar-refractivity contribution in [2.45, 2.75) is 6.92 Å². The van der Waals surface area contributed by atoms with Gasteiger partial charge in [-0.05, 0) is 24.3 Å². The van der Waals surface area contributed by atoms with Crippen molar-refractivity contribution in [3.63, 3.8) is 0 Å². The summed E-state index contributed by atoms with van der Waals surface area (Å²) in [4.78, 5) is 28.1. The lowest BCUT2D eigenvalue weighted by atomic mass is 10.1. The van der Waals surface area contributed by atoms with Crippen LogP contribution in [0.3, 0.4) is 0 Å². The van der Waals surface area contributed by atoms with E-state index in [1.54, 1.807) is 49.6 Å². The van der Waals surface area contributed by atoms with Crippen LogP contribution < -0.4 is 10.6 Å². The summed E-state index contributed by atoms with van der Waals surface area (Å²) >= 11 is 0. The molecule has 3 rings (SSSR count). The highest BCUT2D eigenvalue weighted by Crippen LogP contribution is 2.20. The van der Waals surface area contributed by atoms with Gasteiger partial charge in [0, 0.05) is 23.7 Å².